The summed E-state index contributed by atoms with van der Waals surface area (Å²) in [5, 5.41) is 0. The van der Waals surface area contributed by atoms with Crippen molar-refractivity contribution in [3.63, 3.8) is 0 Å². The minimum Gasteiger partial charge on any atom is -0.327 e. The van der Waals surface area contributed by atoms with Crippen LogP contribution in [0.25, 0.3) is 0 Å². The Bertz CT molecular complexity index is 381. The third-order valence-corrected chi connectivity index (χ3v) is 4.47. The largest absolute Gasteiger partial charge is 0.327 e. The minimum atomic E-state index is -2.46. The highest BCUT2D eigenvalue weighted by Crippen LogP contribution is 2.37. The van der Waals surface area contributed by atoms with Crippen LogP contribution in [0.3, 0.4) is 0 Å². The summed E-state index contributed by atoms with van der Waals surface area (Å²) in [4.78, 5) is 0. The number of hydrogen-bond donors (Lipinski definition) is 1. The van der Waals surface area contributed by atoms with E-state index in [2.05, 4.69) is 46.9 Å². The van der Waals surface area contributed by atoms with Gasteiger partial charge in [-0.2, -0.15) is 0 Å². The van der Waals surface area contributed by atoms with Crippen molar-refractivity contribution < 1.29 is 8.78 Å². The van der Waals surface area contributed by atoms with Gasteiger partial charge < -0.3 is 5.73 Å². The molecule has 0 aromatic heterocycles. The van der Waals surface area contributed by atoms with Crippen LogP contribution in [0, 0.1) is 9.49 Å². The van der Waals surface area contributed by atoms with E-state index in [0.717, 1.165) is 6.42 Å². The fourth-order valence-corrected chi connectivity index (χ4v) is 2.91. The molecule has 1 aliphatic rings. The molecule has 0 bridgehead atoms. The van der Waals surface area contributed by atoms with Gasteiger partial charge in [-0.25, -0.2) is 8.78 Å². The Morgan fingerprint density at radius 3 is 2.33 bits per heavy atom. The van der Waals surface area contributed by atoms with E-state index in [9.17, 15) is 8.78 Å². The third-order valence-electron chi connectivity index (χ3n) is 3.75. The molecule has 1 aromatic carbocycles. The zero-order chi connectivity index (χ0) is 13.2. The van der Waals surface area contributed by atoms with Crippen LogP contribution in [0.2, 0.25) is 0 Å². The topological polar surface area (TPSA) is 26.0 Å². The summed E-state index contributed by atoms with van der Waals surface area (Å²) in [5.41, 5.74) is 7.35. The van der Waals surface area contributed by atoms with Crippen molar-refractivity contribution >= 4 is 22.6 Å². The summed E-state index contributed by atoms with van der Waals surface area (Å²) in [7, 11) is 0. The predicted octanol–water partition coefficient (Wildman–Crippen LogP) is 3.99. The number of benzene rings is 1. The Morgan fingerprint density at radius 2 is 1.78 bits per heavy atom. The number of hydrogen-bond acceptors (Lipinski definition) is 1. The summed E-state index contributed by atoms with van der Waals surface area (Å²) in [6, 6.07) is 8.24. The van der Waals surface area contributed by atoms with Crippen LogP contribution >= 0.6 is 22.6 Å². The molecular formula is C14H18F2IN. The van der Waals surface area contributed by atoms with Gasteiger partial charge in [-0.3, -0.25) is 0 Å². The highest BCUT2D eigenvalue weighted by Gasteiger charge is 2.36. The average Bonchev–Trinajstić information content (AvgIpc) is 2.32. The van der Waals surface area contributed by atoms with Crippen LogP contribution in [0.1, 0.15) is 31.2 Å². The van der Waals surface area contributed by atoms with Crippen molar-refractivity contribution in [3.05, 3.63) is 33.4 Å². The van der Waals surface area contributed by atoms with Crippen LogP contribution in [0.15, 0.2) is 24.3 Å². The SMILES string of the molecule is NC(Cc1ccc(I)cc1)C1CCC(F)(F)CC1. The standard InChI is InChI=1S/C14H18F2IN/c15-14(16)7-5-11(6-8-14)13(18)9-10-1-3-12(17)4-2-10/h1-4,11,13H,5-9,18H2. The van der Waals surface area contributed by atoms with Crippen LogP contribution in [-0.4, -0.2) is 12.0 Å². The summed E-state index contributed by atoms with van der Waals surface area (Å²) in [5.74, 6) is -2.22. The fraction of sp³-hybridized carbons (Fsp3) is 0.571. The van der Waals surface area contributed by atoms with Gasteiger partial charge in [0.1, 0.15) is 0 Å². The summed E-state index contributed by atoms with van der Waals surface area (Å²) in [6.07, 6.45) is 1.89. The maximum atomic E-state index is 13.1. The Labute approximate surface area is 120 Å². The first-order valence-electron chi connectivity index (χ1n) is 6.34. The molecule has 0 amide bonds. The van der Waals surface area contributed by atoms with E-state index in [-0.39, 0.29) is 24.8 Å². The van der Waals surface area contributed by atoms with Gasteiger partial charge in [-0.15, -0.1) is 0 Å². The van der Waals surface area contributed by atoms with Crippen molar-refractivity contribution in [2.75, 3.05) is 0 Å². The molecule has 1 aliphatic carbocycles. The van der Waals surface area contributed by atoms with E-state index < -0.39 is 5.92 Å². The molecule has 1 nitrogen and oxygen atoms in total. The van der Waals surface area contributed by atoms with Gasteiger partial charge in [0.15, 0.2) is 0 Å². The molecule has 2 N–H and O–H groups in total. The Balaban J connectivity index is 1.89. The van der Waals surface area contributed by atoms with Crippen LogP contribution in [0.4, 0.5) is 8.78 Å². The van der Waals surface area contributed by atoms with Gasteiger partial charge in [0.25, 0.3) is 0 Å². The van der Waals surface area contributed by atoms with Gasteiger partial charge in [0, 0.05) is 22.5 Å². The normalized spacial score (nSPS) is 21.8. The molecule has 1 aromatic rings. The zero-order valence-corrected chi connectivity index (χ0v) is 12.4. The second-order valence-electron chi connectivity index (χ2n) is 5.19. The van der Waals surface area contributed by atoms with E-state index >= 15 is 0 Å². The maximum Gasteiger partial charge on any atom is 0.248 e. The lowest BCUT2D eigenvalue weighted by Crippen LogP contribution is -2.37. The van der Waals surface area contributed by atoms with Crippen LogP contribution in [-0.2, 0) is 6.42 Å². The smallest absolute Gasteiger partial charge is 0.248 e. The van der Waals surface area contributed by atoms with E-state index in [1.54, 1.807) is 0 Å². The first-order chi connectivity index (χ1) is 8.46. The molecule has 4 heteroatoms. The van der Waals surface area contributed by atoms with Gasteiger partial charge >= 0.3 is 0 Å². The molecule has 1 saturated carbocycles. The summed E-state index contributed by atoms with van der Waals surface area (Å²) in [6.45, 7) is 0. The minimum absolute atomic E-state index is 0.00108. The molecule has 2 rings (SSSR count). The van der Waals surface area contributed by atoms with Gasteiger partial charge in [0.2, 0.25) is 5.92 Å². The molecule has 100 valence electrons. The second-order valence-corrected chi connectivity index (χ2v) is 6.43. The zero-order valence-electron chi connectivity index (χ0n) is 10.2. The van der Waals surface area contributed by atoms with Gasteiger partial charge in [-0.05, 0) is 65.5 Å². The highest BCUT2D eigenvalue weighted by atomic mass is 127. The first kappa shape index (κ1) is 14.2. The van der Waals surface area contributed by atoms with Crippen molar-refractivity contribution in [1.29, 1.82) is 0 Å². The van der Waals surface area contributed by atoms with E-state index in [0.29, 0.717) is 12.8 Å². The van der Waals surface area contributed by atoms with Crippen LogP contribution in [0.5, 0.6) is 0 Å². The Kier molecular flexibility index (Phi) is 4.59. The first-order valence-corrected chi connectivity index (χ1v) is 7.42. The molecule has 18 heavy (non-hydrogen) atoms. The molecule has 1 fully saturated rings. The number of rotatable bonds is 3. The molecule has 0 spiro atoms. The quantitative estimate of drug-likeness (QED) is 0.806. The predicted molar refractivity (Wildman–Crippen MR) is 77.7 cm³/mol. The molecule has 1 unspecified atom stereocenters. The molecule has 0 radical (unpaired) electrons. The van der Waals surface area contributed by atoms with Crippen molar-refractivity contribution in [2.45, 2.75) is 44.1 Å². The second kappa shape index (κ2) is 5.82. The van der Waals surface area contributed by atoms with Crippen molar-refractivity contribution in [2.24, 2.45) is 11.7 Å². The Hall–Kier alpha value is -0.230. The van der Waals surface area contributed by atoms with Gasteiger partial charge in [0.05, 0.1) is 0 Å². The lowest BCUT2D eigenvalue weighted by molar-refractivity contribution is -0.0481. The number of alkyl halides is 2. The summed E-state index contributed by atoms with van der Waals surface area (Å²) < 4.78 is 27.3. The molecular weight excluding hydrogens is 347 g/mol. The Morgan fingerprint density at radius 1 is 1.22 bits per heavy atom. The molecule has 1 atom stereocenters. The van der Waals surface area contributed by atoms with Crippen LogP contribution < -0.4 is 5.73 Å². The third kappa shape index (κ3) is 3.88. The van der Waals surface area contributed by atoms with Crippen molar-refractivity contribution in [3.8, 4) is 0 Å². The highest BCUT2D eigenvalue weighted by molar-refractivity contribution is 14.1. The van der Waals surface area contributed by atoms with Crippen molar-refractivity contribution in [1.82, 2.24) is 0 Å². The average molecular weight is 365 g/mol. The summed E-state index contributed by atoms with van der Waals surface area (Å²) >= 11 is 2.26. The van der Waals surface area contributed by atoms with E-state index in [1.807, 2.05) is 0 Å². The van der Waals surface area contributed by atoms with E-state index in [1.165, 1.54) is 9.13 Å². The number of halogens is 3. The lowest BCUT2D eigenvalue weighted by atomic mass is 9.80. The van der Waals surface area contributed by atoms with E-state index in [4.69, 9.17) is 5.73 Å². The molecule has 0 heterocycles. The maximum absolute atomic E-state index is 13.1. The number of nitrogens with two attached hydrogens (primary N) is 1. The molecule has 0 saturated heterocycles. The monoisotopic (exact) mass is 365 g/mol. The van der Waals surface area contributed by atoms with Gasteiger partial charge in [-0.1, -0.05) is 12.1 Å². The lowest BCUT2D eigenvalue weighted by Gasteiger charge is -2.32. The fourth-order valence-electron chi connectivity index (χ4n) is 2.55. The molecule has 0 aliphatic heterocycles.